The zero-order valence-corrected chi connectivity index (χ0v) is 12.2. The number of carbonyl (C=O) groups excluding carboxylic acids is 1. The minimum Gasteiger partial charge on any atom is -0.360 e. The molecule has 0 bridgehead atoms. The summed E-state index contributed by atoms with van der Waals surface area (Å²) in [5, 5.41) is 3.93. The molecule has 1 saturated heterocycles. The first-order valence-corrected chi connectivity index (χ1v) is 7.75. The van der Waals surface area contributed by atoms with Crippen molar-refractivity contribution in [2.24, 2.45) is 0 Å². The molecule has 1 atom stereocenters. The van der Waals surface area contributed by atoms with Crippen LogP contribution < -0.4 is 0 Å². The SMILES string of the molecule is O=C(c1cc(C2CC2)on1)N1CCC[C@@H]1c1cccc(F)c1. The summed E-state index contributed by atoms with van der Waals surface area (Å²) in [5.74, 6) is 0.855. The van der Waals surface area contributed by atoms with Gasteiger partial charge in [-0.15, -0.1) is 0 Å². The maximum Gasteiger partial charge on any atom is 0.276 e. The van der Waals surface area contributed by atoms with Crippen LogP contribution in [-0.2, 0) is 0 Å². The Morgan fingerprint density at radius 1 is 1.27 bits per heavy atom. The fourth-order valence-electron chi connectivity index (χ4n) is 3.17. The molecule has 2 aliphatic rings. The van der Waals surface area contributed by atoms with Crippen LogP contribution in [0.15, 0.2) is 34.9 Å². The summed E-state index contributed by atoms with van der Waals surface area (Å²) in [6, 6.07) is 8.18. The molecule has 0 unspecified atom stereocenters. The largest absolute Gasteiger partial charge is 0.360 e. The van der Waals surface area contributed by atoms with Gasteiger partial charge in [0.1, 0.15) is 11.6 Å². The van der Waals surface area contributed by atoms with Crippen molar-refractivity contribution < 1.29 is 13.7 Å². The van der Waals surface area contributed by atoms with Crippen LogP contribution in [-0.4, -0.2) is 22.5 Å². The molecule has 1 saturated carbocycles. The second-order valence-electron chi connectivity index (χ2n) is 6.10. The van der Waals surface area contributed by atoms with Crippen molar-refractivity contribution in [3.05, 3.63) is 53.2 Å². The lowest BCUT2D eigenvalue weighted by atomic mass is 10.0. The summed E-state index contributed by atoms with van der Waals surface area (Å²) in [7, 11) is 0. The molecule has 5 heteroatoms. The first kappa shape index (κ1) is 13.5. The summed E-state index contributed by atoms with van der Waals surface area (Å²) in [6.45, 7) is 0.672. The minimum absolute atomic E-state index is 0.0794. The van der Waals surface area contributed by atoms with E-state index in [1.807, 2.05) is 6.07 Å². The molecule has 22 heavy (non-hydrogen) atoms. The Bertz CT molecular complexity index is 708. The van der Waals surface area contributed by atoms with Crippen LogP contribution in [0.1, 0.15) is 59.5 Å². The predicted molar refractivity (Wildman–Crippen MR) is 77.9 cm³/mol. The van der Waals surface area contributed by atoms with Gasteiger partial charge in [-0.3, -0.25) is 4.79 Å². The molecule has 0 spiro atoms. The van der Waals surface area contributed by atoms with Gasteiger partial charge in [0.15, 0.2) is 5.69 Å². The third-order valence-electron chi connectivity index (χ3n) is 4.47. The third kappa shape index (κ3) is 2.40. The summed E-state index contributed by atoms with van der Waals surface area (Å²) >= 11 is 0. The van der Waals surface area contributed by atoms with Crippen LogP contribution in [0.25, 0.3) is 0 Å². The fourth-order valence-corrected chi connectivity index (χ4v) is 3.17. The molecule has 2 aromatic rings. The van der Waals surface area contributed by atoms with Crippen molar-refractivity contribution in [3.8, 4) is 0 Å². The number of carbonyl (C=O) groups is 1. The van der Waals surface area contributed by atoms with Gasteiger partial charge in [-0.1, -0.05) is 17.3 Å². The van der Waals surface area contributed by atoms with Crippen molar-refractivity contribution in [2.75, 3.05) is 6.54 Å². The Morgan fingerprint density at radius 3 is 2.91 bits per heavy atom. The topological polar surface area (TPSA) is 46.3 Å². The number of aromatic nitrogens is 1. The van der Waals surface area contributed by atoms with E-state index in [-0.39, 0.29) is 17.8 Å². The van der Waals surface area contributed by atoms with E-state index in [2.05, 4.69) is 5.16 Å². The Morgan fingerprint density at radius 2 is 2.14 bits per heavy atom. The molecule has 4 rings (SSSR count). The van der Waals surface area contributed by atoms with E-state index in [1.54, 1.807) is 17.0 Å². The van der Waals surface area contributed by atoms with Gasteiger partial charge in [0, 0.05) is 18.5 Å². The molecule has 0 radical (unpaired) electrons. The highest BCUT2D eigenvalue weighted by atomic mass is 19.1. The van der Waals surface area contributed by atoms with Crippen LogP contribution in [0.5, 0.6) is 0 Å². The number of benzene rings is 1. The van der Waals surface area contributed by atoms with Crippen molar-refractivity contribution in [2.45, 2.75) is 37.6 Å². The quantitative estimate of drug-likeness (QED) is 0.869. The normalized spacial score (nSPS) is 21.3. The Kier molecular flexibility index (Phi) is 3.21. The summed E-state index contributed by atoms with van der Waals surface area (Å²) in [4.78, 5) is 14.5. The summed E-state index contributed by atoms with van der Waals surface area (Å²) < 4.78 is 18.7. The van der Waals surface area contributed by atoms with E-state index in [0.717, 1.165) is 37.0 Å². The molecule has 1 amide bonds. The number of rotatable bonds is 3. The van der Waals surface area contributed by atoms with Crippen LogP contribution in [0, 0.1) is 5.82 Å². The average molecular weight is 300 g/mol. The third-order valence-corrected chi connectivity index (χ3v) is 4.47. The molecular formula is C17H17FN2O2. The highest BCUT2D eigenvalue weighted by molar-refractivity contribution is 5.92. The molecule has 4 nitrogen and oxygen atoms in total. The van der Waals surface area contributed by atoms with Crippen LogP contribution >= 0.6 is 0 Å². The highest BCUT2D eigenvalue weighted by Gasteiger charge is 2.34. The van der Waals surface area contributed by atoms with Gasteiger partial charge in [0.2, 0.25) is 0 Å². The summed E-state index contributed by atoms with van der Waals surface area (Å²) in [5.41, 5.74) is 1.21. The zero-order valence-electron chi connectivity index (χ0n) is 12.2. The lowest BCUT2D eigenvalue weighted by Crippen LogP contribution is -2.30. The van der Waals surface area contributed by atoms with E-state index in [1.165, 1.54) is 12.1 Å². The summed E-state index contributed by atoms with van der Waals surface area (Å²) in [6.07, 6.45) is 3.99. The molecular weight excluding hydrogens is 283 g/mol. The van der Waals surface area contributed by atoms with Gasteiger partial charge in [0.25, 0.3) is 5.91 Å². The Balaban J connectivity index is 1.58. The van der Waals surface area contributed by atoms with Gasteiger partial charge in [-0.25, -0.2) is 4.39 Å². The van der Waals surface area contributed by atoms with Crippen molar-refractivity contribution in [1.82, 2.24) is 10.1 Å². The van der Waals surface area contributed by atoms with Crippen molar-refractivity contribution in [3.63, 3.8) is 0 Å². The molecule has 1 aliphatic carbocycles. The van der Waals surface area contributed by atoms with Gasteiger partial charge in [0.05, 0.1) is 6.04 Å². The second-order valence-corrected chi connectivity index (χ2v) is 6.10. The van der Waals surface area contributed by atoms with E-state index in [4.69, 9.17) is 4.52 Å². The lowest BCUT2D eigenvalue weighted by Gasteiger charge is -2.24. The van der Waals surface area contributed by atoms with Gasteiger partial charge in [-0.2, -0.15) is 0 Å². The monoisotopic (exact) mass is 300 g/mol. The van der Waals surface area contributed by atoms with E-state index < -0.39 is 0 Å². The van der Waals surface area contributed by atoms with E-state index >= 15 is 0 Å². The molecule has 114 valence electrons. The average Bonchev–Trinajstić information content (AvgIpc) is 3.06. The minimum atomic E-state index is -0.269. The molecule has 1 aliphatic heterocycles. The fraction of sp³-hybridized carbons (Fsp3) is 0.412. The van der Waals surface area contributed by atoms with E-state index in [9.17, 15) is 9.18 Å². The van der Waals surface area contributed by atoms with Crippen molar-refractivity contribution >= 4 is 5.91 Å². The second kappa shape index (κ2) is 5.23. The van der Waals surface area contributed by atoms with E-state index in [0.29, 0.717) is 18.2 Å². The van der Waals surface area contributed by atoms with Crippen LogP contribution in [0.2, 0.25) is 0 Å². The number of halogens is 1. The molecule has 1 aromatic carbocycles. The highest BCUT2D eigenvalue weighted by Crippen LogP contribution is 2.40. The number of nitrogens with zero attached hydrogens (tertiary/aromatic N) is 2. The number of hydrogen-bond donors (Lipinski definition) is 0. The zero-order chi connectivity index (χ0) is 15.1. The smallest absolute Gasteiger partial charge is 0.276 e. The molecule has 1 aromatic heterocycles. The molecule has 2 fully saturated rings. The maximum absolute atomic E-state index is 13.4. The predicted octanol–water partition coefficient (Wildman–Crippen LogP) is 3.67. The maximum atomic E-state index is 13.4. The van der Waals surface area contributed by atoms with Gasteiger partial charge in [-0.05, 0) is 43.4 Å². The first-order chi connectivity index (χ1) is 10.7. The number of hydrogen-bond acceptors (Lipinski definition) is 3. The van der Waals surface area contributed by atoms with Crippen molar-refractivity contribution in [1.29, 1.82) is 0 Å². The number of amides is 1. The van der Waals surface area contributed by atoms with Gasteiger partial charge >= 0.3 is 0 Å². The van der Waals surface area contributed by atoms with Gasteiger partial charge < -0.3 is 9.42 Å². The first-order valence-electron chi connectivity index (χ1n) is 7.75. The Hall–Kier alpha value is -2.17. The molecule has 2 heterocycles. The number of likely N-dealkylation sites (tertiary alicyclic amines) is 1. The standard InChI is InChI=1S/C17H17FN2O2/c18-13-4-1-3-12(9-13)15-5-2-8-20(15)17(21)14-10-16(22-19-14)11-6-7-11/h1,3-4,9-11,15H,2,5-8H2/t15-/m1/s1. The lowest BCUT2D eigenvalue weighted by molar-refractivity contribution is 0.0724. The van der Waals surface area contributed by atoms with Crippen LogP contribution in [0.3, 0.4) is 0 Å². The van der Waals surface area contributed by atoms with Crippen LogP contribution in [0.4, 0.5) is 4.39 Å². The Labute approximate surface area is 127 Å². The molecule has 0 N–H and O–H groups in total.